The van der Waals surface area contributed by atoms with Crippen LogP contribution in [0.2, 0.25) is 0 Å². The van der Waals surface area contributed by atoms with E-state index >= 15 is 0 Å². The van der Waals surface area contributed by atoms with Crippen molar-refractivity contribution in [2.45, 2.75) is 65.3 Å². The zero-order valence-electron chi connectivity index (χ0n) is 12.9. The van der Waals surface area contributed by atoms with Gasteiger partial charge >= 0.3 is 5.97 Å². The van der Waals surface area contributed by atoms with E-state index in [1.54, 1.807) is 0 Å². The lowest BCUT2D eigenvalue weighted by Gasteiger charge is -2.37. The molecule has 0 aromatic heterocycles. The molecule has 0 amide bonds. The third kappa shape index (κ3) is 4.74. The average molecular weight is 305 g/mol. The Morgan fingerprint density at radius 3 is 2.15 bits per heavy atom. The number of hydrogen-bond donors (Lipinski definition) is 2. The molecule has 0 bridgehead atoms. The standard InChI is InChI=1S/C14H27NO4S/c1-5-11-6-8-14(9-7-11,12(16)17)15-20(18,19)10-13(2,3)4/h11,15H,5-10H2,1-4H3,(H,16,17). The Morgan fingerprint density at radius 1 is 1.30 bits per heavy atom. The molecule has 1 aliphatic carbocycles. The molecular weight excluding hydrogens is 278 g/mol. The molecule has 0 aromatic carbocycles. The van der Waals surface area contributed by atoms with Crippen molar-refractivity contribution < 1.29 is 18.3 Å². The van der Waals surface area contributed by atoms with E-state index < -0.39 is 26.9 Å². The maximum Gasteiger partial charge on any atom is 0.324 e. The van der Waals surface area contributed by atoms with Gasteiger partial charge in [0.15, 0.2) is 0 Å². The van der Waals surface area contributed by atoms with E-state index in [-0.39, 0.29) is 5.75 Å². The van der Waals surface area contributed by atoms with E-state index in [4.69, 9.17) is 0 Å². The number of carboxylic acid groups (broad SMARTS) is 1. The Hall–Kier alpha value is -0.620. The molecule has 0 spiro atoms. The maximum absolute atomic E-state index is 12.2. The molecule has 1 saturated carbocycles. The van der Waals surface area contributed by atoms with Crippen molar-refractivity contribution in [1.82, 2.24) is 4.72 Å². The fraction of sp³-hybridized carbons (Fsp3) is 0.929. The first-order valence-corrected chi connectivity index (χ1v) is 8.90. The fourth-order valence-electron chi connectivity index (χ4n) is 2.84. The first-order chi connectivity index (χ1) is 9.00. The number of carboxylic acids is 1. The maximum atomic E-state index is 12.2. The van der Waals surface area contributed by atoms with E-state index in [1.165, 1.54) is 0 Å². The summed E-state index contributed by atoms with van der Waals surface area (Å²) in [4.78, 5) is 11.6. The van der Waals surface area contributed by atoms with Crippen molar-refractivity contribution in [3.63, 3.8) is 0 Å². The summed E-state index contributed by atoms with van der Waals surface area (Å²) in [6.07, 6.45) is 3.31. The van der Waals surface area contributed by atoms with Gasteiger partial charge in [0.25, 0.3) is 0 Å². The van der Waals surface area contributed by atoms with Gasteiger partial charge in [0, 0.05) is 0 Å². The quantitative estimate of drug-likeness (QED) is 0.817. The number of sulfonamides is 1. The van der Waals surface area contributed by atoms with Crippen molar-refractivity contribution >= 4 is 16.0 Å². The molecule has 20 heavy (non-hydrogen) atoms. The number of rotatable bonds is 5. The zero-order chi connectivity index (χ0) is 15.6. The molecule has 0 unspecified atom stereocenters. The Kier molecular flexibility index (Phi) is 5.24. The van der Waals surface area contributed by atoms with Gasteiger partial charge in [-0.25, -0.2) is 8.42 Å². The van der Waals surface area contributed by atoms with Crippen LogP contribution < -0.4 is 4.72 Å². The smallest absolute Gasteiger partial charge is 0.324 e. The first-order valence-electron chi connectivity index (χ1n) is 7.25. The highest BCUT2D eigenvalue weighted by Crippen LogP contribution is 2.35. The van der Waals surface area contributed by atoms with Crippen molar-refractivity contribution in [3.8, 4) is 0 Å². The average Bonchev–Trinajstić information content (AvgIpc) is 2.25. The van der Waals surface area contributed by atoms with Gasteiger partial charge in [-0.15, -0.1) is 0 Å². The number of hydrogen-bond acceptors (Lipinski definition) is 3. The molecule has 0 aliphatic heterocycles. The fourth-order valence-corrected chi connectivity index (χ4v) is 4.94. The van der Waals surface area contributed by atoms with Gasteiger partial charge in [-0.1, -0.05) is 34.1 Å². The van der Waals surface area contributed by atoms with Gasteiger partial charge in [0.05, 0.1) is 5.75 Å². The monoisotopic (exact) mass is 305 g/mol. The lowest BCUT2D eigenvalue weighted by molar-refractivity contribution is -0.145. The highest BCUT2D eigenvalue weighted by atomic mass is 32.2. The summed E-state index contributed by atoms with van der Waals surface area (Å²) >= 11 is 0. The van der Waals surface area contributed by atoms with Crippen molar-refractivity contribution in [3.05, 3.63) is 0 Å². The molecule has 5 nitrogen and oxygen atoms in total. The summed E-state index contributed by atoms with van der Waals surface area (Å²) in [7, 11) is -3.60. The SMILES string of the molecule is CCC1CCC(NS(=O)(=O)CC(C)(C)C)(C(=O)O)CC1. The Morgan fingerprint density at radius 2 is 1.80 bits per heavy atom. The van der Waals surface area contributed by atoms with Crippen LogP contribution in [0.1, 0.15) is 59.8 Å². The summed E-state index contributed by atoms with van der Waals surface area (Å²) in [5.41, 5.74) is -1.71. The van der Waals surface area contributed by atoms with Crippen LogP contribution in [0.25, 0.3) is 0 Å². The second kappa shape index (κ2) is 6.02. The third-order valence-electron chi connectivity index (χ3n) is 3.92. The molecule has 0 heterocycles. The second-order valence-corrected chi connectivity index (χ2v) is 8.88. The molecule has 118 valence electrons. The predicted octanol–water partition coefficient (Wildman–Crippen LogP) is 2.38. The van der Waals surface area contributed by atoms with Crippen LogP contribution in [0.4, 0.5) is 0 Å². The van der Waals surface area contributed by atoms with Gasteiger partial charge < -0.3 is 5.11 Å². The summed E-state index contributed by atoms with van der Waals surface area (Å²) in [5.74, 6) is -0.606. The van der Waals surface area contributed by atoms with Crippen LogP contribution >= 0.6 is 0 Å². The third-order valence-corrected chi connectivity index (χ3v) is 5.87. The minimum absolute atomic E-state index is 0.0633. The van der Waals surface area contributed by atoms with Gasteiger partial charge in [-0.3, -0.25) is 4.79 Å². The van der Waals surface area contributed by atoms with Crippen LogP contribution in [0.3, 0.4) is 0 Å². The van der Waals surface area contributed by atoms with Gasteiger partial charge in [-0.2, -0.15) is 4.72 Å². The highest BCUT2D eigenvalue weighted by Gasteiger charge is 2.45. The van der Waals surface area contributed by atoms with E-state index in [0.29, 0.717) is 18.8 Å². The molecule has 0 radical (unpaired) electrons. The van der Waals surface area contributed by atoms with Crippen molar-refractivity contribution in [2.75, 3.05) is 5.75 Å². The lowest BCUT2D eigenvalue weighted by Crippen LogP contribution is -2.57. The topological polar surface area (TPSA) is 83.5 Å². The van der Waals surface area contributed by atoms with Crippen LogP contribution in [-0.2, 0) is 14.8 Å². The molecule has 0 atom stereocenters. The van der Waals surface area contributed by atoms with Crippen LogP contribution in [-0.4, -0.2) is 30.8 Å². The molecule has 1 aliphatic rings. The van der Waals surface area contributed by atoms with Gasteiger partial charge in [0.2, 0.25) is 10.0 Å². The zero-order valence-corrected chi connectivity index (χ0v) is 13.7. The van der Waals surface area contributed by atoms with E-state index in [0.717, 1.165) is 19.3 Å². The predicted molar refractivity (Wildman–Crippen MR) is 79.0 cm³/mol. The first kappa shape index (κ1) is 17.4. The van der Waals surface area contributed by atoms with Gasteiger partial charge in [0.1, 0.15) is 5.54 Å². The van der Waals surface area contributed by atoms with Gasteiger partial charge in [-0.05, 0) is 37.0 Å². The normalized spacial score (nSPS) is 28.3. The second-order valence-electron chi connectivity index (χ2n) is 7.16. The molecule has 6 heteroatoms. The molecule has 0 aromatic rings. The molecular formula is C14H27NO4S. The molecule has 1 fully saturated rings. The van der Waals surface area contributed by atoms with E-state index in [2.05, 4.69) is 11.6 Å². The number of nitrogens with one attached hydrogen (secondary N) is 1. The Bertz CT molecular complexity index is 442. The minimum atomic E-state index is -3.60. The van der Waals surface area contributed by atoms with E-state index in [9.17, 15) is 18.3 Å². The van der Waals surface area contributed by atoms with E-state index in [1.807, 2.05) is 20.8 Å². The van der Waals surface area contributed by atoms with Crippen LogP contribution in [0.5, 0.6) is 0 Å². The molecule has 0 saturated heterocycles. The largest absolute Gasteiger partial charge is 0.480 e. The lowest BCUT2D eigenvalue weighted by atomic mass is 9.76. The summed E-state index contributed by atoms with van der Waals surface area (Å²) in [6.45, 7) is 7.57. The summed E-state index contributed by atoms with van der Waals surface area (Å²) in [6, 6.07) is 0. The van der Waals surface area contributed by atoms with Crippen molar-refractivity contribution in [2.24, 2.45) is 11.3 Å². The molecule has 2 N–H and O–H groups in total. The highest BCUT2D eigenvalue weighted by molar-refractivity contribution is 7.89. The number of carbonyl (C=O) groups is 1. The van der Waals surface area contributed by atoms with Crippen LogP contribution in [0, 0.1) is 11.3 Å². The summed E-state index contributed by atoms with van der Waals surface area (Å²) in [5, 5.41) is 9.48. The minimum Gasteiger partial charge on any atom is -0.480 e. The summed E-state index contributed by atoms with van der Waals surface area (Å²) < 4.78 is 26.9. The Labute approximate surface area is 122 Å². The van der Waals surface area contributed by atoms with Crippen molar-refractivity contribution in [1.29, 1.82) is 0 Å². The molecule has 1 rings (SSSR count). The van der Waals surface area contributed by atoms with Crippen LogP contribution in [0.15, 0.2) is 0 Å². The number of aliphatic carboxylic acids is 1. The Balaban J connectivity index is 2.86.